The van der Waals surface area contributed by atoms with Crippen molar-refractivity contribution in [2.24, 2.45) is 0 Å². The molecule has 0 bridgehead atoms. The first-order valence-electron chi connectivity index (χ1n) is 3.52. The minimum atomic E-state index is -0.622. The quantitative estimate of drug-likeness (QED) is 0.377. The van der Waals surface area contributed by atoms with Crippen molar-refractivity contribution >= 4 is 10.9 Å². The highest BCUT2D eigenvalue weighted by Crippen LogP contribution is 1.96. The van der Waals surface area contributed by atoms with Gasteiger partial charge in [0.2, 0.25) is 0 Å². The van der Waals surface area contributed by atoms with Gasteiger partial charge in [-0.3, -0.25) is 14.6 Å². The summed E-state index contributed by atoms with van der Waals surface area (Å²) in [6.07, 6.45) is 1.41. The third-order valence-electron chi connectivity index (χ3n) is 1.80. The molecule has 5 nitrogen and oxygen atoms in total. The van der Waals surface area contributed by atoms with Crippen LogP contribution in [0.1, 0.15) is 0 Å². The molecule has 0 saturated carbocycles. The zero-order valence-electron chi connectivity index (χ0n) is 6.39. The van der Waals surface area contributed by atoms with Crippen molar-refractivity contribution in [1.82, 2.24) is 4.98 Å². The van der Waals surface area contributed by atoms with Crippen LogP contribution in [0.4, 0.5) is 0 Å². The molecule has 0 N–H and O–H groups in total. The minimum Gasteiger partial charge on any atom is -0.360 e. The molecule has 0 amide bonds. The molecule has 0 aliphatic heterocycles. The van der Waals surface area contributed by atoms with Gasteiger partial charge < -0.3 is 5.53 Å². The maximum absolute atomic E-state index is 11.3. The summed E-state index contributed by atoms with van der Waals surface area (Å²) < 4.78 is 0. The van der Waals surface area contributed by atoms with E-state index in [0.717, 1.165) is 0 Å². The van der Waals surface area contributed by atoms with E-state index in [1.807, 2.05) is 0 Å². The molecule has 0 atom stereocenters. The average Bonchev–Trinajstić information content (AvgIpc) is 2.41. The fourth-order valence-corrected chi connectivity index (χ4v) is 1.20. The van der Waals surface area contributed by atoms with E-state index < -0.39 is 16.2 Å². The van der Waals surface area contributed by atoms with E-state index in [2.05, 4.69) is 9.77 Å². The third-order valence-corrected chi connectivity index (χ3v) is 1.80. The second kappa shape index (κ2) is 2.43. The van der Waals surface area contributed by atoms with E-state index in [-0.39, 0.29) is 10.9 Å². The monoisotopic (exact) mass is 173 g/mol. The topological polar surface area (TPSA) is 83.4 Å². The molecule has 0 radical (unpaired) electrons. The Kier molecular flexibility index (Phi) is 1.41. The van der Waals surface area contributed by atoms with Crippen molar-refractivity contribution in [3.63, 3.8) is 0 Å². The SMILES string of the molecule is [N-]=[N+]=c1c(=O)c2cccnc2c1=O. The lowest BCUT2D eigenvalue weighted by Gasteiger charge is -1.80. The van der Waals surface area contributed by atoms with Gasteiger partial charge in [0.15, 0.2) is 0 Å². The zero-order valence-corrected chi connectivity index (χ0v) is 6.39. The summed E-state index contributed by atoms with van der Waals surface area (Å²) in [6.45, 7) is 0. The van der Waals surface area contributed by atoms with Crippen LogP contribution in [-0.2, 0) is 0 Å². The van der Waals surface area contributed by atoms with Crippen LogP contribution in [0.3, 0.4) is 0 Å². The van der Waals surface area contributed by atoms with Gasteiger partial charge in [0.05, 0.1) is 5.39 Å². The normalized spacial score (nSPS) is 10.2. The van der Waals surface area contributed by atoms with Gasteiger partial charge in [-0.15, -0.1) is 0 Å². The summed E-state index contributed by atoms with van der Waals surface area (Å²) in [5, 5.41) is -0.269. The Balaban J connectivity index is 3.37. The van der Waals surface area contributed by atoms with E-state index in [1.165, 1.54) is 12.3 Å². The molecule has 0 aliphatic rings. The van der Waals surface area contributed by atoms with Gasteiger partial charge in [-0.05, 0) is 12.1 Å². The number of pyridine rings is 1. The summed E-state index contributed by atoms with van der Waals surface area (Å²) in [7, 11) is 0. The first kappa shape index (κ1) is 7.52. The lowest BCUT2D eigenvalue weighted by atomic mass is 10.3. The van der Waals surface area contributed by atoms with Crippen molar-refractivity contribution in [3.8, 4) is 0 Å². The number of nitrogens with zero attached hydrogens (tertiary/aromatic N) is 3. The van der Waals surface area contributed by atoms with Crippen molar-refractivity contribution in [2.75, 3.05) is 0 Å². The Labute approximate surface area is 71.2 Å². The Bertz CT molecular complexity index is 596. The Hall–Kier alpha value is -2.13. The maximum Gasteiger partial charge on any atom is 0.411 e. The Morgan fingerprint density at radius 1 is 1.31 bits per heavy atom. The fourth-order valence-electron chi connectivity index (χ4n) is 1.20. The molecular weight excluding hydrogens is 170 g/mol. The molecule has 0 fully saturated rings. The lowest BCUT2D eigenvalue weighted by Crippen LogP contribution is -2.32. The molecule has 1 aromatic heterocycles. The third kappa shape index (κ3) is 0.847. The number of hydrogen-bond acceptors (Lipinski definition) is 3. The molecule has 2 rings (SSSR count). The van der Waals surface area contributed by atoms with Gasteiger partial charge in [-0.1, -0.05) is 0 Å². The fraction of sp³-hybridized carbons (Fsp3) is 0. The summed E-state index contributed by atoms with van der Waals surface area (Å²) in [4.78, 5) is 28.9. The van der Waals surface area contributed by atoms with Crippen molar-refractivity contribution in [2.45, 2.75) is 0 Å². The van der Waals surface area contributed by atoms with E-state index in [9.17, 15) is 9.59 Å². The first-order chi connectivity index (χ1) is 6.25. The van der Waals surface area contributed by atoms with Crippen LogP contribution in [0.15, 0.2) is 27.9 Å². The zero-order chi connectivity index (χ0) is 9.42. The summed E-state index contributed by atoms with van der Waals surface area (Å²) in [6, 6.07) is 3.02. The van der Waals surface area contributed by atoms with Crippen molar-refractivity contribution in [1.29, 1.82) is 0 Å². The van der Waals surface area contributed by atoms with Gasteiger partial charge in [0, 0.05) is 6.20 Å². The van der Waals surface area contributed by atoms with Crippen LogP contribution in [0.25, 0.3) is 16.4 Å². The van der Waals surface area contributed by atoms with E-state index in [0.29, 0.717) is 0 Å². The Morgan fingerprint density at radius 3 is 2.69 bits per heavy atom. The highest BCUT2D eigenvalue weighted by atomic mass is 16.1. The van der Waals surface area contributed by atoms with E-state index in [4.69, 9.17) is 5.53 Å². The van der Waals surface area contributed by atoms with Gasteiger partial charge in [0.1, 0.15) is 5.52 Å². The predicted octanol–water partition coefficient (Wildman–Crippen LogP) is -1.04. The lowest BCUT2D eigenvalue weighted by molar-refractivity contribution is -0.0674. The van der Waals surface area contributed by atoms with Gasteiger partial charge >= 0.3 is 5.36 Å². The summed E-state index contributed by atoms with van der Waals surface area (Å²) >= 11 is 0. The molecule has 5 heteroatoms. The Morgan fingerprint density at radius 2 is 2.08 bits per heavy atom. The predicted molar refractivity (Wildman–Crippen MR) is 43.4 cm³/mol. The van der Waals surface area contributed by atoms with Gasteiger partial charge in [0.25, 0.3) is 10.9 Å². The van der Waals surface area contributed by atoms with E-state index >= 15 is 0 Å². The van der Waals surface area contributed by atoms with E-state index in [1.54, 1.807) is 6.07 Å². The van der Waals surface area contributed by atoms with Crippen LogP contribution < -0.4 is 16.2 Å². The number of aromatic nitrogens is 1. The highest BCUT2D eigenvalue weighted by molar-refractivity contribution is 5.78. The van der Waals surface area contributed by atoms with Crippen molar-refractivity contribution in [3.05, 3.63) is 49.7 Å². The smallest absolute Gasteiger partial charge is 0.360 e. The largest absolute Gasteiger partial charge is 0.411 e. The maximum atomic E-state index is 11.3. The summed E-state index contributed by atoms with van der Waals surface area (Å²) in [5.74, 6) is 0. The van der Waals surface area contributed by atoms with Crippen molar-refractivity contribution < 1.29 is 4.79 Å². The van der Waals surface area contributed by atoms with Gasteiger partial charge in [-0.25, -0.2) is 0 Å². The number of hydrogen-bond donors (Lipinski definition) is 0. The molecule has 13 heavy (non-hydrogen) atoms. The molecule has 2 aromatic rings. The second-order valence-electron chi connectivity index (χ2n) is 2.51. The number of fused-ring (bicyclic) bond motifs is 1. The van der Waals surface area contributed by atoms with Crippen LogP contribution in [-0.4, -0.2) is 9.77 Å². The van der Waals surface area contributed by atoms with Crippen LogP contribution in [0, 0.1) is 0 Å². The highest BCUT2D eigenvalue weighted by Gasteiger charge is 2.16. The standard InChI is InChI=1S/C8H3N3O2/c9-11-6-7(12)4-2-1-3-10-5(4)8(6)13/h1-3H. The minimum absolute atomic E-state index is 0.0558. The molecule has 0 saturated heterocycles. The van der Waals surface area contributed by atoms with Crippen LogP contribution in [0.5, 0.6) is 0 Å². The van der Waals surface area contributed by atoms with Crippen LogP contribution in [0.2, 0.25) is 0 Å². The molecule has 0 aliphatic carbocycles. The van der Waals surface area contributed by atoms with Crippen LogP contribution >= 0.6 is 0 Å². The molecular formula is C8H3N3O2. The molecule has 0 spiro atoms. The second-order valence-corrected chi connectivity index (χ2v) is 2.51. The molecule has 1 aromatic carbocycles. The molecule has 1 heterocycles. The molecule has 0 unspecified atom stereocenters. The van der Waals surface area contributed by atoms with Gasteiger partial charge in [-0.2, -0.15) is 4.79 Å². The first-order valence-corrected chi connectivity index (χ1v) is 3.52. The molecule has 62 valence electrons. The average molecular weight is 173 g/mol. The number of rotatable bonds is 0. The summed E-state index contributed by atoms with van der Waals surface area (Å²) in [5.41, 5.74) is 7.26.